The molecule has 0 spiro atoms. The number of carbonyl (C=O) groups is 1. The summed E-state index contributed by atoms with van der Waals surface area (Å²) in [6.45, 7) is 6.34. The molecule has 0 aromatic carbocycles. The number of nitrogens with zero attached hydrogens (tertiary/aromatic N) is 4. The van der Waals surface area contributed by atoms with Crippen molar-refractivity contribution in [2.24, 2.45) is 0 Å². The van der Waals surface area contributed by atoms with E-state index in [1.165, 1.54) is 7.11 Å². The van der Waals surface area contributed by atoms with Gasteiger partial charge in [-0.15, -0.1) is 0 Å². The minimum Gasteiger partial charge on any atom is -0.468 e. The summed E-state index contributed by atoms with van der Waals surface area (Å²) < 4.78 is 12.0. The summed E-state index contributed by atoms with van der Waals surface area (Å²) in [5.41, 5.74) is 0. The van der Waals surface area contributed by atoms with E-state index in [0.29, 0.717) is 26.3 Å². The maximum Gasteiger partial charge on any atom is 0.325 e. The van der Waals surface area contributed by atoms with Gasteiger partial charge in [-0.1, -0.05) is 0 Å². The summed E-state index contributed by atoms with van der Waals surface area (Å²) in [5, 5.41) is 4.20. The first-order valence-electron chi connectivity index (χ1n) is 6.41. The van der Waals surface area contributed by atoms with Crippen molar-refractivity contribution in [1.29, 1.82) is 0 Å². The highest BCUT2D eigenvalue weighted by Crippen LogP contribution is 2.14. The third-order valence-electron chi connectivity index (χ3n) is 3.19. The lowest BCUT2D eigenvalue weighted by atomic mass is 10.2. The monoisotopic (exact) mass is 268 g/mol. The molecule has 106 valence electrons. The lowest BCUT2D eigenvalue weighted by Gasteiger charge is -2.33. The minimum absolute atomic E-state index is 0.245. The van der Waals surface area contributed by atoms with Crippen LogP contribution in [0.1, 0.15) is 25.7 Å². The molecule has 1 aromatic heterocycles. The van der Waals surface area contributed by atoms with Crippen molar-refractivity contribution in [3.63, 3.8) is 0 Å². The van der Waals surface area contributed by atoms with Gasteiger partial charge in [0.2, 0.25) is 0 Å². The second-order valence-corrected chi connectivity index (χ2v) is 4.80. The van der Waals surface area contributed by atoms with Crippen LogP contribution in [-0.4, -0.2) is 58.5 Å². The SMILES string of the molecule is COC(=O)C1COCCN1Cc1ncnn1C(C)C. The van der Waals surface area contributed by atoms with Gasteiger partial charge in [0.1, 0.15) is 18.2 Å². The molecular formula is C12H20N4O3. The molecule has 7 heteroatoms. The fraction of sp³-hybridized carbons (Fsp3) is 0.750. The fourth-order valence-corrected chi connectivity index (χ4v) is 2.18. The first-order chi connectivity index (χ1) is 9.13. The number of ether oxygens (including phenoxy) is 2. The zero-order chi connectivity index (χ0) is 13.8. The van der Waals surface area contributed by atoms with Crippen molar-refractivity contribution in [3.8, 4) is 0 Å². The molecule has 0 saturated carbocycles. The molecule has 1 fully saturated rings. The normalized spacial score (nSPS) is 20.7. The summed E-state index contributed by atoms with van der Waals surface area (Å²) in [5.74, 6) is 0.584. The highest BCUT2D eigenvalue weighted by molar-refractivity contribution is 5.75. The number of methoxy groups -OCH3 is 1. The molecular weight excluding hydrogens is 248 g/mol. The highest BCUT2D eigenvalue weighted by atomic mass is 16.5. The molecule has 0 amide bonds. The van der Waals surface area contributed by atoms with Gasteiger partial charge in [-0.2, -0.15) is 5.10 Å². The Bertz CT molecular complexity index is 432. The molecule has 1 aromatic rings. The molecule has 1 aliphatic heterocycles. The Balaban J connectivity index is 2.11. The minimum atomic E-state index is -0.365. The van der Waals surface area contributed by atoms with Crippen molar-refractivity contribution < 1.29 is 14.3 Å². The van der Waals surface area contributed by atoms with Crippen molar-refractivity contribution in [1.82, 2.24) is 19.7 Å². The maximum atomic E-state index is 11.7. The number of hydrogen-bond acceptors (Lipinski definition) is 6. The number of esters is 1. The molecule has 1 aliphatic rings. The van der Waals surface area contributed by atoms with Crippen LogP contribution >= 0.6 is 0 Å². The summed E-state index contributed by atoms with van der Waals surface area (Å²) in [6, 6.07) is -0.119. The van der Waals surface area contributed by atoms with Crippen LogP contribution < -0.4 is 0 Å². The molecule has 1 saturated heterocycles. The number of hydrogen-bond donors (Lipinski definition) is 0. The smallest absolute Gasteiger partial charge is 0.325 e. The van der Waals surface area contributed by atoms with Gasteiger partial charge in [0.25, 0.3) is 0 Å². The van der Waals surface area contributed by atoms with E-state index < -0.39 is 0 Å². The Labute approximate surface area is 112 Å². The molecule has 0 aliphatic carbocycles. The zero-order valence-electron chi connectivity index (χ0n) is 11.6. The summed E-state index contributed by atoms with van der Waals surface area (Å²) in [4.78, 5) is 18.0. The average molecular weight is 268 g/mol. The predicted octanol–water partition coefficient (Wildman–Crippen LogP) is 0.233. The van der Waals surface area contributed by atoms with Gasteiger partial charge >= 0.3 is 5.97 Å². The predicted molar refractivity (Wildman–Crippen MR) is 67.4 cm³/mol. The van der Waals surface area contributed by atoms with Crippen molar-refractivity contribution >= 4 is 5.97 Å². The van der Waals surface area contributed by atoms with E-state index in [1.807, 2.05) is 9.58 Å². The average Bonchev–Trinajstić information content (AvgIpc) is 2.87. The Morgan fingerprint density at radius 1 is 1.63 bits per heavy atom. The van der Waals surface area contributed by atoms with E-state index in [-0.39, 0.29) is 18.1 Å². The topological polar surface area (TPSA) is 69.5 Å². The fourth-order valence-electron chi connectivity index (χ4n) is 2.18. The molecule has 0 N–H and O–H groups in total. The van der Waals surface area contributed by atoms with E-state index in [4.69, 9.17) is 9.47 Å². The summed E-state index contributed by atoms with van der Waals surface area (Å²) in [6.07, 6.45) is 1.54. The quantitative estimate of drug-likeness (QED) is 0.728. The van der Waals surface area contributed by atoms with Crippen LogP contribution in [-0.2, 0) is 20.8 Å². The lowest BCUT2D eigenvalue weighted by Crippen LogP contribution is -2.50. The summed E-state index contributed by atoms with van der Waals surface area (Å²) >= 11 is 0. The van der Waals surface area contributed by atoms with Crippen LogP contribution in [0.3, 0.4) is 0 Å². The second kappa shape index (κ2) is 6.12. The van der Waals surface area contributed by atoms with Gasteiger partial charge in [0.15, 0.2) is 0 Å². The second-order valence-electron chi connectivity index (χ2n) is 4.80. The molecule has 7 nitrogen and oxygen atoms in total. The molecule has 19 heavy (non-hydrogen) atoms. The van der Waals surface area contributed by atoms with Crippen molar-refractivity contribution in [2.45, 2.75) is 32.5 Å². The van der Waals surface area contributed by atoms with Gasteiger partial charge < -0.3 is 9.47 Å². The van der Waals surface area contributed by atoms with E-state index in [2.05, 4.69) is 23.9 Å². The van der Waals surface area contributed by atoms with E-state index in [9.17, 15) is 4.79 Å². The van der Waals surface area contributed by atoms with Crippen molar-refractivity contribution in [2.75, 3.05) is 26.9 Å². The number of carbonyl (C=O) groups excluding carboxylic acids is 1. The van der Waals surface area contributed by atoms with Crippen LogP contribution in [0.2, 0.25) is 0 Å². The number of aromatic nitrogens is 3. The number of rotatable bonds is 4. The first-order valence-corrected chi connectivity index (χ1v) is 6.41. The van der Waals surface area contributed by atoms with Crippen LogP contribution in [0.4, 0.5) is 0 Å². The van der Waals surface area contributed by atoms with E-state index in [0.717, 1.165) is 5.82 Å². The van der Waals surface area contributed by atoms with Gasteiger partial charge in [-0.3, -0.25) is 9.69 Å². The van der Waals surface area contributed by atoms with Crippen LogP contribution in [0.5, 0.6) is 0 Å². The molecule has 2 rings (SSSR count). The van der Waals surface area contributed by atoms with Crippen LogP contribution in [0, 0.1) is 0 Å². The standard InChI is InChI=1S/C12H20N4O3/c1-9(2)16-11(13-8-14-16)6-15-4-5-19-7-10(15)12(17)18-3/h8-10H,4-7H2,1-3H3. The van der Waals surface area contributed by atoms with Gasteiger partial charge in [0.05, 0.1) is 26.9 Å². The van der Waals surface area contributed by atoms with Gasteiger partial charge in [0, 0.05) is 12.6 Å². The van der Waals surface area contributed by atoms with E-state index >= 15 is 0 Å². The lowest BCUT2D eigenvalue weighted by molar-refractivity contribution is -0.153. The third-order valence-corrected chi connectivity index (χ3v) is 3.19. The van der Waals surface area contributed by atoms with Crippen LogP contribution in [0.25, 0.3) is 0 Å². The molecule has 1 unspecified atom stereocenters. The molecule has 0 bridgehead atoms. The first kappa shape index (κ1) is 14.0. The Morgan fingerprint density at radius 2 is 2.42 bits per heavy atom. The summed E-state index contributed by atoms with van der Waals surface area (Å²) in [7, 11) is 1.39. The molecule has 2 heterocycles. The number of morpholine rings is 1. The van der Waals surface area contributed by atoms with Crippen molar-refractivity contribution in [3.05, 3.63) is 12.2 Å². The van der Waals surface area contributed by atoms with Crippen LogP contribution in [0.15, 0.2) is 6.33 Å². The van der Waals surface area contributed by atoms with Gasteiger partial charge in [-0.25, -0.2) is 9.67 Å². The highest BCUT2D eigenvalue weighted by Gasteiger charge is 2.31. The Kier molecular flexibility index (Phi) is 4.49. The molecule has 0 radical (unpaired) electrons. The molecule has 1 atom stereocenters. The zero-order valence-corrected chi connectivity index (χ0v) is 11.6. The maximum absolute atomic E-state index is 11.7. The Morgan fingerprint density at radius 3 is 3.11 bits per heavy atom. The van der Waals surface area contributed by atoms with Gasteiger partial charge in [-0.05, 0) is 13.8 Å². The van der Waals surface area contributed by atoms with E-state index in [1.54, 1.807) is 6.33 Å². The Hall–Kier alpha value is -1.47. The largest absolute Gasteiger partial charge is 0.468 e. The third kappa shape index (κ3) is 3.10.